The van der Waals surface area contributed by atoms with E-state index in [1.165, 1.54) is 12.1 Å². The van der Waals surface area contributed by atoms with E-state index in [0.29, 0.717) is 24.3 Å². The van der Waals surface area contributed by atoms with E-state index in [1.54, 1.807) is 18.3 Å². The monoisotopic (exact) mass is 540 g/mol. The molecular formula is C29H33ClN2O4S. The third-order valence-electron chi connectivity index (χ3n) is 5.42. The highest BCUT2D eigenvalue weighted by Gasteiger charge is 2.16. The molecule has 1 heterocycles. The zero-order chi connectivity index (χ0) is 26.9. The molecule has 0 radical (unpaired) electrons. The molecule has 8 heteroatoms. The van der Waals surface area contributed by atoms with Crippen LogP contribution >= 0.6 is 11.6 Å². The lowest BCUT2D eigenvalue weighted by atomic mass is 9.96. The molecule has 0 bridgehead atoms. The van der Waals surface area contributed by atoms with Crippen LogP contribution in [0.3, 0.4) is 0 Å². The second kappa shape index (κ2) is 13.0. The SMILES string of the molecule is CC(C)(C)OC(=O)CCC/C=C(\c1ccc(CCNS(=O)(=O)c2ccc(Cl)cc2)cc1)c1cccnc1. The van der Waals surface area contributed by atoms with E-state index >= 15 is 0 Å². The van der Waals surface area contributed by atoms with Crippen LogP contribution < -0.4 is 4.72 Å². The fourth-order valence-corrected chi connectivity index (χ4v) is 4.85. The molecule has 0 saturated heterocycles. The number of carbonyl (C=O) groups is 1. The number of benzene rings is 2. The molecule has 0 spiro atoms. The molecule has 0 unspecified atom stereocenters. The molecule has 0 fully saturated rings. The van der Waals surface area contributed by atoms with Crippen LogP contribution in [0, 0.1) is 0 Å². The van der Waals surface area contributed by atoms with Gasteiger partial charge in [0.1, 0.15) is 5.60 Å². The van der Waals surface area contributed by atoms with E-state index < -0.39 is 15.6 Å². The molecular weight excluding hydrogens is 508 g/mol. The van der Waals surface area contributed by atoms with Crippen molar-refractivity contribution in [2.24, 2.45) is 0 Å². The smallest absolute Gasteiger partial charge is 0.306 e. The Bertz CT molecular complexity index is 1300. The number of pyridine rings is 1. The van der Waals surface area contributed by atoms with Crippen molar-refractivity contribution in [2.45, 2.75) is 57.0 Å². The maximum absolute atomic E-state index is 12.5. The van der Waals surface area contributed by atoms with E-state index in [0.717, 1.165) is 28.7 Å². The quantitative estimate of drug-likeness (QED) is 0.231. The van der Waals surface area contributed by atoms with Gasteiger partial charge in [-0.2, -0.15) is 0 Å². The zero-order valence-electron chi connectivity index (χ0n) is 21.4. The lowest BCUT2D eigenvalue weighted by Crippen LogP contribution is -2.25. The Balaban J connectivity index is 1.63. The fourth-order valence-electron chi connectivity index (χ4n) is 3.69. The molecule has 196 valence electrons. The minimum atomic E-state index is -3.59. The average Bonchev–Trinajstić information content (AvgIpc) is 2.84. The number of hydrogen-bond donors (Lipinski definition) is 1. The molecule has 3 rings (SSSR count). The van der Waals surface area contributed by atoms with Crippen LogP contribution in [0.4, 0.5) is 0 Å². The Kier molecular flexibility index (Phi) is 10.0. The molecule has 0 atom stereocenters. The Labute approximate surface area is 224 Å². The van der Waals surface area contributed by atoms with Crippen molar-refractivity contribution in [3.8, 4) is 0 Å². The summed E-state index contributed by atoms with van der Waals surface area (Å²) in [5, 5.41) is 0.488. The van der Waals surface area contributed by atoms with Gasteiger partial charge in [-0.25, -0.2) is 13.1 Å². The first-order valence-corrected chi connectivity index (χ1v) is 14.1. The molecule has 3 aromatic rings. The Morgan fingerprint density at radius 1 is 1.03 bits per heavy atom. The summed E-state index contributed by atoms with van der Waals surface area (Å²) in [5.74, 6) is -0.195. The molecule has 6 nitrogen and oxygen atoms in total. The van der Waals surface area contributed by atoms with Gasteiger partial charge in [0.15, 0.2) is 0 Å². The third-order valence-corrected chi connectivity index (χ3v) is 7.15. The number of hydrogen-bond acceptors (Lipinski definition) is 5. The Morgan fingerprint density at radius 2 is 1.73 bits per heavy atom. The summed E-state index contributed by atoms with van der Waals surface area (Å²) in [6.45, 7) is 5.87. The largest absolute Gasteiger partial charge is 0.460 e. The van der Waals surface area contributed by atoms with Crippen molar-refractivity contribution in [3.63, 3.8) is 0 Å². The minimum Gasteiger partial charge on any atom is -0.460 e. The topological polar surface area (TPSA) is 85.4 Å². The lowest BCUT2D eigenvalue weighted by Gasteiger charge is -2.19. The van der Waals surface area contributed by atoms with E-state index in [2.05, 4.69) is 15.8 Å². The highest BCUT2D eigenvalue weighted by Crippen LogP contribution is 2.25. The minimum absolute atomic E-state index is 0.185. The molecule has 37 heavy (non-hydrogen) atoms. The normalized spacial score (nSPS) is 12.4. The third kappa shape index (κ3) is 9.43. The van der Waals surface area contributed by atoms with Crippen molar-refractivity contribution >= 4 is 33.2 Å². The number of ether oxygens (including phenoxy) is 1. The van der Waals surface area contributed by atoms with Gasteiger partial charge < -0.3 is 4.74 Å². The van der Waals surface area contributed by atoms with E-state index in [-0.39, 0.29) is 17.4 Å². The zero-order valence-corrected chi connectivity index (χ0v) is 23.0. The van der Waals surface area contributed by atoms with Gasteiger partial charge in [-0.05, 0) is 87.1 Å². The molecule has 2 aromatic carbocycles. The van der Waals surface area contributed by atoms with Gasteiger partial charge in [-0.1, -0.05) is 48.0 Å². The first kappa shape index (κ1) is 28.6. The summed E-state index contributed by atoms with van der Waals surface area (Å²) < 4.78 is 33.0. The summed E-state index contributed by atoms with van der Waals surface area (Å²) in [4.78, 5) is 16.5. The van der Waals surface area contributed by atoms with Gasteiger partial charge in [-0.15, -0.1) is 0 Å². The summed E-state index contributed by atoms with van der Waals surface area (Å²) in [5.41, 5.74) is 3.58. The number of sulfonamides is 1. The molecule has 0 aliphatic heterocycles. The number of nitrogens with zero attached hydrogens (tertiary/aromatic N) is 1. The van der Waals surface area contributed by atoms with Gasteiger partial charge in [0.2, 0.25) is 10.0 Å². The second-order valence-corrected chi connectivity index (χ2v) is 11.8. The molecule has 1 aromatic heterocycles. The van der Waals surface area contributed by atoms with E-state index in [4.69, 9.17) is 16.3 Å². The first-order valence-electron chi connectivity index (χ1n) is 12.2. The highest BCUT2D eigenvalue weighted by molar-refractivity contribution is 7.89. The number of nitrogens with one attached hydrogen (secondary N) is 1. The molecule has 0 saturated carbocycles. The van der Waals surface area contributed by atoms with Crippen LogP contribution in [0.5, 0.6) is 0 Å². The maximum Gasteiger partial charge on any atom is 0.306 e. The lowest BCUT2D eigenvalue weighted by molar-refractivity contribution is -0.154. The van der Waals surface area contributed by atoms with Crippen molar-refractivity contribution in [3.05, 3.63) is 101 Å². The van der Waals surface area contributed by atoms with Crippen LogP contribution in [0.2, 0.25) is 5.02 Å². The number of unbranched alkanes of at least 4 members (excludes halogenated alkanes) is 1. The fraction of sp³-hybridized carbons (Fsp3) is 0.310. The van der Waals surface area contributed by atoms with E-state index in [9.17, 15) is 13.2 Å². The van der Waals surface area contributed by atoms with Crippen LogP contribution in [-0.2, 0) is 26.0 Å². The number of esters is 1. The maximum atomic E-state index is 12.5. The number of aromatic nitrogens is 1. The predicted octanol–water partition coefficient (Wildman–Crippen LogP) is 6.20. The van der Waals surface area contributed by atoms with Gasteiger partial charge in [0, 0.05) is 35.9 Å². The molecule has 1 N–H and O–H groups in total. The van der Waals surface area contributed by atoms with Crippen LogP contribution in [-0.4, -0.2) is 31.5 Å². The summed E-state index contributed by atoms with van der Waals surface area (Å²) >= 11 is 5.85. The number of halogens is 1. The predicted molar refractivity (Wildman–Crippen MR) is 148 cm³/mol. The van der Waals surface area contributed by atoms with Crippen LogP contribution in [0.15, 0.2) is 84.0 Å². The van der Waals surface area contributed by atoms with Gasteiger partial charge in [0.05, 0.1) is 4.90 Å². The van der Waals surface area contributed by atoms with Crippen molar-refractivity contribution in [2.75, 3.05) is 6.54 Å². The second-order valence-electron chi connectivity index (χ2n) is 9.64. The van der Waals surface area contributed by atoms with E-state index in [1.807, 2.05) is 63.4 Å². The van der Waals surface area contributed by atoms with Crippen molar-refractivity contribution in [1.82, 2.24) is 9.71 Å². The first-order chi connectivity index (χ1) is 17.5. The van der Waals surface area contributed by atoms with Crippen molar-refractivity contribution < 1.29 is 17.9 Å². The summed E-state index contributed by atoms with van der Waals surface area (Å²) in [6, 6.07) is 18.0. The number of rotatable bonds is 11. The van der Waals surface area contributed by atoms with Crippen LogP contribution in [0.1, 0.15) is 56.7 Å². The summed E-state index contributed by atoms with van der Waals surface area (Å²) in [7, 11) is -3.59. The number of carbonyl (C=O) groups excluding carboxylic acids is 1. The van der Waals surface area contributed by atoms with Crippen molar-refractivity contribution in [1.29, 1.82) is 0 Å². The summed E-state index contributed by atoms with van der Waals surface area (Å²) in [6.07, 6.45) is 7.99. The number of allylic oxidation sites excluding steroid dienone is 1. The average molecular weight is 541 g/mol. The van der Waals surface area contributed by atoms with Gasteiger partial charge in [-0.3, -0.25) is 9.78 Å². The molecule has 0 amide bonds. The van der Waals surface area contributed by atoms with Crippen LogP contribution in [0.25, 0.3) is 5.57 Å². The Morgan fingerprint density at radius 3 is 2.35 bits per heavy atom. The van der Waals surface area contributed by atoms with Gasteiger partial charge in [0.25, 0.3) is 0 Å². The Hall–Kier alpha value is -3.00. The standard InChI is InChI=1S/C29H33ClN2O4S/c1-29(2,3)36-28(33)9-5-4-8-27(24-7-6-19-31-21-24)23-12-10-22(11-13-23)18-20-32-37(34,35)26-16-14-25(30)15-17-26/h6-8,10-17,19,21,32H,4-5,9,18,20H2,1-3H3/b27-8+. The molecule has 0 aliphatic carbocycles. The van der Waals surface area contributed by atoms with Gasteiger partial charge >= 0.3 is 5.97 Å². The molecule has 0 aliphatic rings. The highest BCUT2D eigenvalue weighted by atomic mass is 35.5.